The number of amides is 3. The molecule has 0 radical (unpaired) electrons. The summed E-state index contributed by atoms with van der Waals surface area (Å²) in [6, 6.07) is 25.8. The lowest BCUT2D eigenvalue weighted by Gasteiger charge is -2.13. The third-order valence-electron chi connectivity index (χ3n) is 6.40. The van der Waals surface area contributed by atoms with E-state index < -0.39 is 11.8 Å². The van der Waals surface area contributed by atoms with Crippen LogP contribution in [-0.2, 0) is 6.42 Å². The first-order valence-electron chi connectivity index (χ1n) is 12.3. The van der Waals surface area contributed by atoms with Crippen molar-refractivity contribution in [1.29, 1.82) is 0 Å². The van der Waals surface area contributed by atoms with E-state index in [0.717, 1.165) is 23.1 Å². The maximum Gasteiger partial charge on any atom is 0.305 e. The summed E-state index contributed by atoms with van der Waals surface area (Å²) >= 11 is 0. The Bertz CT molecular complexity index is 1510. The minimum absolute atomic E-state index is 0.0980. The lowest BCUT2D eigenvalue weighted by atomic mass is 9.93. The van der Waals surface area contributed by atoms with Crippen molar-refractivity contribution >= 4 is 23.4 Å². The van der Waals surface area contributed by atoms with E-state index in [-0.39, 0.29) is 11.7 Å². The van der Waals surface area contributed by atoms with Gasteiger partial charge in [-0.05, 0) is 55.2 Å². The zero-order valence-electron chi connectivity index (χ0n) is 20.8. The molecule has 4 aromatic rings. The van der Waals surface area contributed by atoms with Gasteiger partial charge in [-0.2, -0.15) is 5.10 Å². The Morgan fingerprint density at radius 3 is 2.03 bits per heavy atom. The van der Waals surface area contributed by atoms with E-state index >= 15 is 0 Å². The average Bonchev–Trinajstić information content (AvgIpc) is 3.32. The molecule has 0 saturated carbocycles. The molecule has 8 heteroatoms. The van der Waals surface area contributed by atoms with Crippen molar-refractivity contribution in [3.8, 4) is 11.1 Å². The first kappa shape index (κ1) is 24.7. The number of nitrogens with one attached hydrogen (secondary N) is 3. The number of hydrogen-bond acceptors (Lipinski definition) is 5. The van der Waals surface area contributed by atoms with E-state index in [1.807, 2.05) is 42.5 Å². The lowest BCUT2D eigenvalue weighted by molar-refractivity contribution is 0.0829. The van der Waals surface area contributed by atoms with Crippen LogP contribution < -0.4 is 16.3 Å². The first-order valence-corrected chi connectivity index (χ1v) is 12.3. The molecule has 1 aliphatic carbocycles. The molecular formula is C30H26N4O4. The summed E-state index contributed by atoms with van der Waals surface area (Å²) in [4.78, 5) is 37.8. The summed E-state index contributed by atoms with van der Waals surface area (Å²) in [5, 5.41) is 4.38. The van der Waals surface area contributed by atoms with Crippen LogP contribution in [0.5, 0.6) is 0 Å². The number of hydrazine groups is 1. The summed E-state index contributed by atoms with van der Waals surface area (Å²) in [5.41, 5.74) is 12.4. The highest BCUT2D eigenvalue weighted by Crippen LogP contribution is 2.30. The van der Waals surface area contributed by atoms with Crippen LogP contribution in [0.2, 0.25) is 0 Å². The highest BCUT2D eigenvalue weighted by atomic mass is 16.4. The second kappa shape index (κ2) is 11.0. The van der Waals surface area contributed by atoms with Crippen LogP contribution >= 0.6 is 0 Å². The highest BCUT2D eigenvalue weighted by Gasteiger charge is 2.28. The van der Waals surface area contributed by atoms with Crippen LogP contribution in [0.1, 0.15) is 61.0 Å². The smallest absolute Gasteiger partial charge is 0.305 e. The Kier molecular flexibility index (Phi) is 7.13. The van der Waals surface area contributed by atoms with Gasteiger partial charge in [0, 0.05) is 28.7 Å². The first-order chi connectivity index (χ1) is 18.5. The largest absolute Gasteiger partial charge is 0.455 e. The summed E-state index contributed by atoms with van der Waals surface area (Å²) in [6.07, 6.45) is 2.05. The van der Waals surface area contributed by atoms with Crippen molar-refractivity contribution < 1.29 is 18.8 Å². The summed E-state index contributed by atoms with van der Waals surface area (Å²) in [5.74, 6) is -0.598. The van der Waals surface area contributed by atoms with Gasteiger partial charge >= 0.3 is 5.91 Å². The number of fused-ring (bicyclic) bond motifs is 1. The topological polar surface area (TPSA) is 113 Å². The van der Waals surface area contributed by atoms with Gasteiger partial charge in [0.15, 0.2) is 5.76 Å². The van der Waals surface area contributed by atoms with Crippen molar-refractivity contribution in [3.63, 3.8) is 0 Å². The molecule has 3 aromatic carbocycles. The number of hydrazone groups is 1. The van der Waals surface area contributed by atoms with Gasteiger partial charge in [-0.15, -0.1) is 0 Å². The number of carbonyl (C=O) groups excluding carboxylic acids is 3. The number of rotatable bonds is 5. The molecule has 0 spiro atoms. The molecule has 0 fully saturated rings. The van der Waals surface area contributed by atoms with Gasteiger partial charge in [0.2, 0.25) is 0 Å². The molecular weight excluding hydrogens is 480 g/mol. The Morgan fingerprint density at radius 1 is 0.711 bits per heavy atom. The van der Waals surface area contributed by atoms with Crippen LogP contribution in [0, 0.1) is 6.92 Å². The number of benzene rings is 3. The number of furan rings is 1. The van der Waals surface area contributed by atoms with E-state index in [1.54, 1.807) is 49.4 Å². The molecule has 3 amide bonds. The third kappa shape index (κ3) is 5.24. The Hall–Kier alpha value is -4.98. The quantitative estimate of drug-likeness (QED) is 0.338. The number of carbonyl (C=O) groups is 3. The van der Waals surface area contributed by atoms with Crippen molar-refractivity contribution in [1.82, 2.24) is 16.3 Å². The van der Waals surface area contributed by atoms with Crippen LogP contribution in [-0.4, -0.2) is 23.4 Å². The fourth-order valence-electron chi connectivity index (χ4n) is 4.46. The van der Waals surface area contributed by atoms with E-state index in [9.17, 15) is 14.4 Å². The highest BCUT2D eigenvalue weighted by molar-refractivity contribution is 6.07. The van der Waals surface area contributed by atoms with Gasteiger partial charge in [0.1, 0.15) is 5.76 Å². The van der Waals surface area contributed by atoms with Gasteiger partial charge in [-0.1, -0.05) is 60.7 Å². The lowest BCUT2D eigenvalue weighted by Crippen LogP contribution is -2.41. The Balaban J connectivity index is 1.27. The van der Waals surface area contributed by atoms with Gasteiger partial charge < -0.3 is 4.42 Å². The van der Waals surface area contributed by atoms with Crippen molar-refractivity contribution in [3.05, 3.63) is 119 Å². The Labute approximate surface area is 219 Å². The van der Waals surface area contributed by atoms with Gasteiger partial charge in [0.25, 0.3) is 11.8 Å². The van der Waals surface area contributed by atoms with Gasteiger partial charge in [0.05, 0.1) is 5.71 Å². The summed E-state index contributed by atoms with van der Waals surface area (Å²) in [6.45, 7) is 1.77. The van der Waals surface area contributed by atoms with Crippen LogP contribution in [0.4, 0.5) is 0 Å². The normalized spacial score (nSPS) is 13.4. The molecule has 0 unspecified atom stereocenters. The Morgan fingerprint density at radius 2 is 1.32 bits per heavy atom. The monoisotopic (exact) mass is 506 g/mol. The molecule has 1 aliphatic rings. The summed E-state index contributed by atoms with van der Waals surface area (Å²) < 4.78 is 5.86. The summed E-state index contributed by atoms with van der Waals surface area (Å²) in [7, 11) is 0. The number of nitrogens with zero attached hydrogens (tertiary/aromatic N) is 1. The SMILES string of the molecule is Cc1c(C(=O)NNC(=O)c2ccccc2)oc2c1/C(=N/NC(=O)c1ccc(-c3ccccc3)cc1)CCC2. The molecule has 8 nitrogen and oxygen atoms in total. The second-order valence-electron chi connectivity index (χ2n) is 8.92. The molecule has 0 saturated heterocycles. The molecule has 3 N–H and O–H groups in total. The standard InChI is InChI=1S/C30H26N4O4/c1-19-26-24(31-32-29(36)23-17-15-21(16-18-23)20-9-4-2-5-10-20)13-8-14-25(26)38-27(19)30(37)34-33-28(35)22-11-6-3-7-12-22/h2-7,9-12,15-18H,8,13-14H2,1H3,(H,32,36)(H,33,35)(H,34,37)/b31-24+. The molecule has 1 aromatic heterocycles. The minimum Gasteiger partial charge on any atom is -0.455 e. The minimum atomic E-state index is -0.567. The van der Waals surface area contributed by atoms with Crippen LogP contribution in [0.25, 0.3) is 11.1 Å². The van der Waals surface area contributed by atoms with Crippen molar-refractivity contribution in [2.75, 3.05) is 0 Å². The maximum atomic E-state index is 12.8. The third-order valence-corrected chi connectivity index (χ3v) is 6.40. The van der Waals surface area contributed by atoms with E-state index in [0.29, 0.717) is 41.0 Å². The van der Waals surface area contributed by atoms with E-state index in [4.69, 9.17) is 4.42 Å². The van der Waals surface area contributed by atoms with Crippen molar-refractivity contribution in [2.45, 2.75) is 26.2 Å². The zero-order valence-corrected chi connectivity index (χ0v) is 20.8. The van der Waals surface area contributed by atoms with E-state index in [1.165, 1.54) is 0 Å². The predicted octanol–water partition coefficient (Wildman–Crippen LogP) is 4.80. The fourth-order valence-corrected chi connectivity index (χ4v) is 4.46. The molecule has 0 atom stereocenters. The molecule has 0 aliphatic heterocycles. The zero-order chi connectivity index (χ0) is 26.5. The van der Waals surface area contributed by atoms with Gasteiger partial charge in [-0.3, -0.25) is 25.2 Å². The maximum absolute atomic E-state index is 12.8. The molecule has 38 heavy (non-hydrogen) atoms. The molecule has 5 rings (SSSR count). The van der Waals surface area contributed by atoms with Crippen molar-refractivity contribution in [2.24, 2.45) is 5.10 Å². The molecule has 190 valence electrons. The molecule has 0 bridgehead atoms. The van der Waals surface area contributed by atoms with Crippen LogP contribution in [0.15, 0.2) is 94.4 Å². The van der Waals surface area contributed by atoms with Gasteiger partial charge in [-0.25, -0.2) is 5.43 Å². The molecule has 1 heterocycles. The fraction of sp³-hybridized carbons (Fsp3) is 0.133. The number of aryl methyl sites for hydroxylation is 1. The van der Waals surface area contributed by atoms with Crippen LogP contribution in [0.3, 0.4) is 0 Å². The predicted molar refractivity (Wildman–Crippen MR) is 144 cm³/mol. The second-order valence-corrected chi connectivity index (χ2v) is 8.92. The average molecular weight is 507 g/mol. The number of hydrogen-bond donors (Lipinski definition) is 3. The van der Waals surface area contributed by atoms with E-state index in [2.05, 4.69) is 21.4 Å².